The average molecular weight is 485 g/mol. The summed E-state index contributed by atoms with van der Waals surface area (Å²) in [6.45, 7) is 0.309. The van der Waals surface area contributed by atoms with E-state index in [4.69, 9.17) is 9.47 Å². The van der Waals surface area contributed by atoms with Gasteiger partial charge in [0.2, 0.25) is 10.0 Å². The number of hydrogen-bond donors (Lipinski definition) is 1. The second kappa shape index (κ2) is 9.44. The molecule has 34 heavy (non-hydrogen) atoms. The van der Waals surface area contributed by atoms with Crippen molar-refractivity contribution in [3.05, 3.63) is 88.7 Å². The molecule has 1 amide bonds. The van der Waals surface area contributed by atoms with E-state index in [0.717, 1.165) is 34.9 Å². The van der Waals surface area contributed by atoms with Crippen LogP contribution in [-0.2, 0) is 16.4 Å². The van der Waals surface area contributed by atoms with Gasteiger partial charge in [-0.3, -0.25) is 4.79 Å². The number of hydrogen-bond acceptors (Lipinski definition) is 5. The first-order valence-electron chi connectivity index (χ1n) is 10.6. The summed E-state index contributed by atoms with van der Waals surface area (Å²) in [5, 5.41) is 0. The number of halogens is 1. The highest BCUT2D eigenvalue weighted by Crippen LogP contribution is 2.41. The first-order chi connectivity index (χ1) is 16.3. The Morgan fingerprint density at radius 3 is 2.35 bits per heavy atom. The summed E-state index contributed by atoms with van der Waals surface area (Å²) in [6.07, 6.45) is 0.515. The zero-order valence-corrected chi connectivity index (χ0v) is 19.9. The van der Waals surface area contributed by atoms with E-state index in [1.807, 2.05) is 42.5 Å². The maximum atomic E-state index is 14.8. The number of benzene rings is 3. The van der Waals surface area contributed by atoms with E-state index in [2.05, 4.69) is 4.72 Å². The highest BCUT2D eigenvalue weighted by Gasteiger charge is 2.35. The largest absolute Gasteiger partial charge is 0.493 e. The van der Waals surface area contributed by atoms with Crippen LogP contribution >= 0.6 is 0 Å². The van der Waals surface area contributed by atoms with Crippen LogP contribution in [0.2, 0.25) is 0 Å². The molecule has 1 N–H and O–H groups in total. The Kier molecular flexibility index (Phi) is 6.58. The van der Waals surface area contributed by atoms with E-state index in [9.17, 15) is 17.6 Å². The van der Waals surface area contributed by atoms with Crippen molar-refractivity contribution in [2.45, 2.75) is 17.4 Å². The van der Waals surface area contributed by atoms with E-state index in [-0.39, 0.29) is 10.5 Å². The molecule has 9 heteroatoms. The quantitative estimate of drug-likeness (QED) is 0.579. The number of sulfonamides is 1. The molecule has 1 heterocycles. The molecule has 7 nitrogen and oxygen atoms in total. The van der Waals surface area contributed by atoms with Gasteiger partial charge in [0.05, 0.1) is 30.7 Å². The lowest BCUT2D eigenvalue weighted by Gasteiger charge is -2.38. The number of carbonyl (C=O) groups excluding carboxylic acids is 1. The minimum atomic E-state index is -3.85. The van der Waals surface area contributed by atoms with Gasteiger partial charge in [0.15, 0.2) is 11.5 Å². The number of methoxy groups -OCH3 is 2. The zero-order valence-electron chi connectivity index (χ0n) is 19.0. The van der Waals surface area contributed by atoms with E-state index >= 15 is 0 Å². The molecule has 0 bridgehead atoms. The van der Waals surface area contributed by atoms with Crippen LogP contribution in [0.25, 0.3) is 0 Å². The number of rotatable bonds is 6. The Labute approximate surface area is 198 Å². The van der Waals surface area contributed by atoms with Crippen molar-refractivity contribution in [3.8, 4) is 11.5 Å². The van der Waals surface area contributed by atoms with Crippen LogP contribution in [0, 0.1) is 5.82 Å². The molecule has 1 unspecified atom stereocenters. The fourth-order valence-corrected chi connectivity index (χ4v) is 5.02. The van der Waals surface area contributed by atoms with Gasteiger partial charge in [-0.25, -0.2) is 17.5 Å². The Hall–Kier alpha value is -3.43. The molecule has 1 aliphatic rings. The predicted octanol–water partition coefficient (Wildman–Crippen LogP) is 3.54. The summed E-state index contributed by atoms with van der Waals surface area (Å²) in [4.78, 5) is 15.1. The normalized spacial score (nSPS) is 15.5. The molecule has 4 rings (SSSR count). The number of fused-ring (bicyclic) bond motifs is 1. The van der Waals surface area contributed by atoms with Crippen molar-refractivity contribution < 1.29 is 27.1 Å². The summed E-state index contributed by atoms with van der Waals surface area (Å²) in [7, 11) is 0.509. The summed E-state index contributed by atoms with van der Waals surface area (Å²) < 4.78 is 52.5. The highest BCUT2D eigenvalue weighted by molar-refractivity contribution is 7.89. The lowest BCUT2D eigenvalue weighted by Crippen LogP contribution is -2.41. The molecule has 1 aliphatic heterocycles. The van der Waals surface area contributed by atoms with Gasteiger partial charge in [-0.15, -0.1) is 0 Å². The van der Waals surface area contributed by atoms with Gasteiger partial charge in [0.1, 0.15) is 5.82 Å². The fourth-order valence-electron chi connectivity index (χ4n) is 4.27. The average Bonchev–Trinajstić information content (AvgIpc) is 2.87. The summed E-state index contributed by atoms with van der Waals surface area (Å²) in [6, 6.07) is 15.8. The van der Waals surface area contributed by atoms with Gasteiger partial charge in [0, 0.05) is 6.54 Å². The molecular formula is C25H25FN2O5S. The third-order valence-corrected chi connectivity index (χ3v) is 7.41. The van der Waals surface area contributed by atoms with E-state index in [1.165, 1.54) is 14.2 Å². The predicted molar refractivity (Wildman–Crippen MR) is 125 cm³/mol. The van der Waals surface area contributed by atoms with Crippen LogP contribution < -0.4 is 14.2 Å². The smallest absolute Gasteiger partial charge is 0.257 e. The number of carbonyl (C=O) groups is 1. The first-order valence-corrected chi connectivity index (χ1v) is 12.1. The van der Waals surface area contributed by atoms with Crippen molar-refractivity contribution >= 4 is 15.9 Å². The molecule has 0 fully saturated rings. The summed E-state index contributed by atoms with van der Waals surface area (Å²) in [5.41, 5.74) is 2.36. The third kappa shape index (κ3) is 4.24. The van der Waals surface area contributed by atoms with E-state index in [1.54, 1.807) is 12.0 Å². The minimum Gasteiger partial charge on any atom is -0.493 e. The minimum absolute atomic E-state index is 0.181. The maximum absolute atomic E-state index is 14.8. The second-order valence-corrected chi connectivity index (χ2v) is 9.70. The van der Waals surface area contributed by atoms with Gasteiger partial charge in [-0.05, 0) is 60.5 Å². The highest BCUT2D eigenvalue weighted by atomic mass is 32.2. The lowest BCUT2D eigenvalue weighted by molar-refractivity contribution is 0.0689. The molecule has 0 saturated heterocycles. The summed E-state index contributed by atoms with van der Waals surface area (Å²) >= 11 is 0. The Morgan fingerprint density at radius 2 is 1.71 bits per heavy atom. The molecule has 0 aromatic heterocycles. The number of amides is 1. The molecule has 3 aromatic carbocycles. The molecule has 0 spiro atoms. The van der Waals surface area contributed by atoms with Crippen molar-refractivity contribution in [1.82, 2.24) is 9.62 Å². The SMILES string of the molecule is CNS(=O)(=O)c1ccc(F)c(C(=O)N2CCc3cc(OC)c(OC)cc3C2c2ccccc2)c1. The van der Waals surface area contributed by atoms with E-state index < -0.39 is 27.8 Å². The van der Waals surface area contributed by atoms with Gasteiger partial charge >= 0.3 is 0 Å². The Morgan fingerprint density at radius 1 is 1.03 bits per heavy atom. The molecule has 178 valence electrons. The second-order valence-electron chi connectivity index (χ2n) is 7.82. The third-order valence-electron chi connectivity index (χ3n) is 6.00. The first kappa shape index (κ1) is 23.7. The lowest BCUT2D eigenvalue weighted by atomic mass is 9.87. The topological polar surface area (TPSA) is 84.9 Å². The maximum Gasteiger partial charge on any atom is 0.257 e. The van der Waals surface area contributed by atoms with Crippen molar-refractivity contribution in [2.24, 2.45) is 0 Å². The molecule has 3 aromatic rings. The van der Waals surface area contributed by atoms with Crippen molar-refractivity contribution in [2.75, 3.05) is 27.8 Å². The molecule has 0 aliphatic carbocycles. The van der Waals surface area contributed by atoms with Crippen LogP contribution in [0.4, 0.5) is 4.39 Å². The van der Waals surface area contributed by atoms with Gasteiger partial charge in [-0.2, -0.15) is 0 Å². The van der Waals surface area contributed by atoms with Crippen LogP contribution in [0.5, 0.6) is 11.5 Å². The molecule has 1 atom stereocenters. The number of nitrogens with one attached hydrogen (secondary N) is 1. The van der Waals surface area contributed by atoms with Crippen LogP contribution in [0.15, 0.2) is 65.6 Å². The molecule has 0 saturated carbocycles. The number of nitrogens with zero attached hydrogens (tertiary/aromatic N) is 1. The van der Waals surface area contributed by atoms with E-state index in [0.29, 0.717) is 24.5 Å². The fraction of sp³-hybridized carbons (Fsp3) is 0.240. The Bertz CT molecular complexity index is 1330. The monoisotopic (exact) mass is 484 g/mol. The van der Waals surface area contributed by atoms with Crippen LogP contribution in [0.3, 0.4) is 0 Å². The summed E-state index contributed by atoms with van der Waals surface area (Å²) in [5.74, 6) is -0.279. The van der Waals surface area contributed by atoms with Crippen molar-refractivity contribution in [3.63, 3.8) is 0 Å². The van der Waals surface area contributed by atoms with Gasteiger partial charge in [-0.1, -0.05) is 30.3 Å². The Balaban J connectivity index is 1.85. The molecule has 0 radical (unpaired) electrons. The van der Waals surface area contributed by atoms with Gasteiger partial charge < -0.3 is 14.4 Å². The van der Waals surface area contributed by atoms with Crippen LogP contribution in [0.1, 0.15) is 33.1 Å². The zero-order chi connectivity index (χ0) is 24.5. The van der Waals surface area contributed by atoms with Crippen molar-refractivity contribution in [1.29, 1.82) is 0 Å². The van der Waals surface area contributed by atoms with Crippen LogP contribution in [-0.4, -0.2) is 47.0 Å². The molecular weight excluding hydrogens is 459 g/mol. The van der Waals surface area contributed by atoms with Gasteiger partial charge in [0.25, 0.3) is 5.91 Å². The number of ether oxygens (including phenoxy) is 2. The standard InChI is InChI=1S/C25H25FN2O5S/c1-27-34(30,31)18-9-10-21(26)20(14-18)25(29)28-12-11-17-13-22(32-2)23(33-3)15-19(17)24(28)16-7-5-4-6-8-16/h4-10,13-15,24,27H,11-12H2,1-3H3.